The molecule has 0 bridgehead atoms. The monoisotopic (exact) mass is 2000 g/mol. The lowest BCUT2D eigenvalue weighted by Gasteiger charge is -2.27. The van der Waals surface area contributed by atoms with Crippen molar-refractivity contribution in [2.75, 3.05) is 140 Å². The van der Waals surface area contributed by atoms with Crippen LogP contribution in [0.4, 0.5) is 17.5 Å². The van der Waals surface area contributed by atoms with Gasteiger partial charge in [0.15, 0.2) is 30.5 Å². The second kappa shape index (κ2) is 58.0. The van der Waals surface area contributed by atoms with E-state index in [-0.39, 0.29) is 125 Å². The Hall–Kier alpha value is -10.4. The maximum absolute atomic E-state index is 14.6. The van der Waals surface area contributed by atoms with Crippen LogP contribution in [0.15, 0.2) is 54.6 Å². The van der Waals surface area contributed by atoms with Gasteiger partial charge in [0.1, 0.15) is 56.4 Å². The number of amides is 1. The van der Waals surface area contributed by atoms with Crippen molar-refractivity contribution >= 4 is 124 Å². The zero-order valence-corrected chi connectivity index (χ0v) is 84.3. The molecular formula is C93H139N13O29S3. The number of ether oxygens (including phenoxy) is 17. The van der Waals surface area contributed by atoms with E-state index in [2.05, 4.69) is 47.5 Å². The molecule has 4 aliphatic rings. The standard InChI is InChI=1S/C93H139N13O29S3/c1-16-94-73(107)29-23-18-17-22-28-69-70(35-34-65(33-32-64-26-20-19-21-27-64)133-88(116)61(4)127-77(111)37-39-79(113)132-68(55-97-93(13,14)15)58-124-85-82(100-138-103-85)106-44-50-121-51-45-106)72(135-90(118)63(6)129-87(115)60(3)126-76(110)36-38-78(112)131-67(54-96-92(10,11)12)57-123-84-81(99-137-102-84)105-42-48-120-49-43-105)52-71(69)134-89(117)62(5)128-86(114)59(2)125-74(108)30-24-25-31-75(109)130-66(53-95-91(7,8)9)56-122-83-80(98-136-101-83)104-40-46-119-47-41-104/h17,19-22,26-27,34-35,59-63,65-72,95-97H,16,18,23-25,28-33,36-58H2,1-15H3,(H,94,107)/b22-17-,35-34+/t59?,60?,61?,62?,63?,65-,66-,67-,68-,69+,70+,71-,72+/m0/s1. The highest BCUT2D eigenvalue weighted by molar-refractivity contribution is 7.00. The smallest absolute Gasteiger partial charge is 0.347 e. The third-order valence-corrected chi connectivity index (χ3v) is 23.2. The summed E-state index contributed by atoms with van der Waals surface area (Å²) < 4.78 is 125. The van der Waals surface area contributed by atoms with E-state index in [4.69, 9.17) is 80.5 Å². The number of rotatable bonds is 57. The minimum Gasteiger partial charge on any atom is -0.470 e. The number of benzene rings is 1. The van der Waals surface area contributed by atoms with Crippen LogP contribution in [0, 0.1) is 11.8 Å². The molecule has 4 N–H and O–H groups in total. The first-order valence-corrected chi connectivity index (χ1v) is 49.4. The van der Waals surface area contributed by atoms with Crippen molar-refractivity contribution in [3.8, 4) is 17.6 Å². The molecule has 3 aliphatic heterocycles. The van der Waals surface area contributed by atoms with Crippen LogP contribution < -0.4 is 50.2 Å². The molecule has 6 heterocycles. The van der Waals surface area contributed by atoms with E-state index >= 15 is 0 Å². The van der Waals surface area contributed by atoms with Gasteiger partial charge in [-0.2, -0.15) is 13.1 Å². The summed E-state index contributed by atoms with van der Waals surface area (Å²) >= 11 is 2.95. The van der Waals surface area contributed by atoms with Crippen molar-refractivity contribution in [2.45, 2.75) is 284 Å². The van der Waals surface area contributed by atoms with Crippen LogP contribution in [-0.4, -0.2) is 306 Å². The summed E-state index contributed by atoms with van der Waals surface area (Å²) in [5.74, 6) is -9.69. The van der Waals surface area contributed by atoms with Crippen LogP contribution in [-0.2, 0) is 130 Å². The van der Waals surface area contributed by atoms with Crippen molar-refractivity contribution in [2.24, 2.45) is 11.8 Å². The predicted molar refractivity (Wildman–Crippen MR) is 504 cm³/mol. The number of nitrogens with one attached hydrogen (secondary N) is 4. The maximum Gasteiger partial charge on any atom is 0.347 e. The summed E-state index contributed by atoms with van der Waals surface area (Å²) in [4.78, 5) is 170. The number of allylic oxidation sites excluding steroid dienone is 2. The fourth-order valence-electron chi connectivity index (χ4n) is 14.2. The van der Waals surface area contributed by atoms with Gasteiger partial charge in [0.2, 0.25) is 23.4 Å². The summed E-state index contributed by atoms with van der Waals surface area (Å²) in [6.45, 7) is 33.0. The number of aromatic nitrogens is 6. The number of esters is 11. The Morgan fingerprint density at radius 2 is 0.797 bits per heavy atom. The molecule has 8 rings (SSSR count). The second-order valence-corrected chi connectivity index (χ2v) is 38.4. The first-order chi connectivity index (χ1) is 65.7. The summed E-state index contributed by atoms with van der Waals surface area (Å²) in [5.41, 5.74) is -0.253. The minimum absolute atomic E-state index is 0.0211. The molecular weight excluding hydrogens is 1860 g/mol. The van der Waals surface area contributed by atoms with Crippen molar-refractivity contribution < 1.29 is 138 Å². The summed E-state index contributed by atoms with van der Waals surface area (Å²) in [6.07, 6.45) is -7.68. The average molecular weight is 2000 g/mol. The van der Waals surface area contributed by atoms with Crippen molar-refractivity contribution in [1.29, 1.82) is 0 Å². The Balaban J connectivity index is 0.949. The number of carbonyl (C=O) groups excluding carboxylic acids is 12. The Morgan fingerprint density at radius 3 is 1.19 bits per heavy atom. The highest BCUT2D eigenvalue weighted by atomic mass is 32.1. The first-order valence-electron chi connectivity index (χ1n) is 47.2. The molecule has 4 aromatic rings. The number of carbonyl (C=O) groups is 12. The van der Waals surface area contributed by atoms with Crippen molar-refractivity contribution in [3.05, 3.63) is 60.2 Å². The number of nitrogens with zero attached hydrogens (tertiary/aromatic N) is 9. The number of hydrogen-bond acceptors (Lipinski definition) is 44. The van der Waals surface area contributed by atoms with Crippen LogP contribution in [0.5, 0.6) is 17.6 Å². The fraction of sp³-hybridized carbons (Fsp3) is 0.699. The molecule has 45 heteroatoms. The largest absolute Gasteiger partial charge is 0.470 e. The molecule has 0 spiro atoms. The molecule has 4 fully saturated rings. The van der Waals surface area contributed by atoms with Crippen molar-refractivity contribution in [3.63, 3.8) is 0 Å². The van der Waals surface area contributed by atoms with Gasteiger partial charge >= 0.3 is 65.7 Å². The van der Waals surface area contributed by atoms with Gasteiger partial charge in [0, 0.05) is 120 Å². The molecule has 768 valence electrons. The Bertz CT molecular complexity index is 4540. The van der Waals surface area contributed by atoms with Crippen molar-refractivity contribution in [1.82, 2.24) is 47.5 Å². The van der Waals surface area contributed by atoms with Gasteiger partial charge < -0.3 is 116 Å². The van der Waals surface area contributed by atoms with Gasteiger partial charge in [0.25, 0.3) is 17.6 Å². The van der Waals surface area contributed by atoms with E-state index in [1.54, 1.807) is 25.2 Å². The molecule has 3 aromatic heterocycles. The van der Waals surface area contributed by atoms with E-state index < -0.39 is 170 Å². The molecule has 0 radical (unpaired) electrons. The number of unbranched alkanes of at least 4 members (excludes halogenated alkanes) is 2. The summed E-state index contributed by atoms with van der Waals surface area (Å²) in [5, 5.41) is 12.7. The predicted octanol–water partition coefficient (Wildman–Crippen LogP) is 7.78. The lowest BCUT2D eigenvalue weighted by molar-refractivity contribution is -0.180. The van der Waals surface area contributed by atoms with E-state index in [9.17, 15) is 57.5 Å². The molecule has 5 unspecified atom stereocenters. The summed E-state index contributed by atoms with van der Waals surface area (Å²) in [7, 11) is 0. The van der Waals surface area contributed by atoms with Crippen LogP contribution in [0.2, 0.25) is 0 Å². The normalized spacial score (nSPS) is 18.5. The zero-order valence-electron chi connectivity index (χ0n) is 81.8. The zero-order chi connectivity index (χ0) is 100. The SMILES string of the molecule is CCNC(=O)CCC/C=C\C[C@@H]1[C@@H](/C=C/[C@H](CCc2ccccc2)OC(=O)C(C)OC(=O)CCC(=O)O[C@@H](CNC(C)(C)C)COc2nsnc2N2CCOCC2)[C@H](OC(=O)C(C)OC(=O)C(C)OC(=O)CCC(=O)O[C@@H](CNC(C)(C)C)COc2nsnc2N2CCOCC2)C[C@@H]1OC(=O)C(C)OC(=O)C(C)OC(=O)CCCCC(=O)O[C@@H](CNC(C)(C)C)COc1nsnc1N1CCOCC1. The molecule has 1 amide bonds. The van der Waals surface area contributed by atoms with E-state index in [1.807, 2.05) is 113 Å². The fourth-order valence-corrected chi connectivity index (χ4v) is 15.8. The van der Waals surface area contributed by atoms with Gasteiger partial charge in [0.05, 0.1) is 101 Å². The van der Waals surface area contributed by atoms with Crippen LogP contribution >= 0.6 is 35.2 Å². The third kappa shape index (κ3) is 41.9. The number of aryl methyl sites for hydroxylation is 1. The van der Waals surface area contributed by atoms with E-state index in [0.717, 1.165) is 40.7 Å². The average Bonchev–Trinajstić information content (AvgIpc) is 1.65. The Morgan fingerprint density at radius 1 is 0.435 bits per heavy atom. The lowest BCUT2D eigenvalue weighted by Crippen LogP contribution is -2.44. The topological polar surface area (TPSA) is 497 Å². The minimum atomic E-state index is -1.70. The molecule has 1 saturated carbocycles. The van der Waals surface area contributed by atoms with E-state index in [0.29, 0.717) is 128 Å². The van der Waals surface area contributed by atoms with Crippen LogP contribution in [0.1, 0.15) is 199 Å². The van der Waals surface area contributed by atoms with Crippen LogP contribution in [0.3, 0.4) is 0 Å². The summed E-state index contributed by atoms with van der Waals surface area (Å²) in [6, 6.07) is 9.22. The molecule has 3 saturated heterocycles. The van der Waals surface area contributed by atoms with Gasteiger partial charge in [-0.25, -0.2) is 24.0 Å². The lowest BCUT2D eigenvalue weighted by atomic mass is 9.89. The third-order valence-electron chi connectivity index (χ3n) is 21.7. The van der Waals surface area contributed by atoms with Crippen LogP contribution in [0.25, 0.3) is 0 Å². The molecule has 1 aromatic carbocycles. The number of anilines is 3. The van der Waals surface area contributed by atoms with Gasteiger partial charge in [-0.15, -0.1) is 13.1 Å². The van der Waals surface area contributed by atoms with E-state index in [1.165, 1.54) is 34.6 Å². The highest BCUT2D eigenvalue weighted by Crippen LogP contribution is 2.42. The highest BCUT2D eigenvalue weighted by Gasteiger charge is 2.48. The van der Waals surface area contributed by atoms with Gasteiger partial charge in [-0.3, -0.25) is 33.6 Å². The maximum atomic E-state index is 14.6. The van der Waals surface area contributed by atoms with Gasteiger partial charge in [-0.1, -0.05) is 48.6 Å². The molecule has 1 aliphatic carbocycles. The molecule has 42 nitrogen and oxygen atoms in total. The molecule has 138 heavy (non-hydrogen) atoms. The Labute approximate surface area is 818 Å². The molecule has 13 atom stereocenters. The first kappa shape index (κ1) is 113. The van der Waals surface area contributed by atoms with Gasteiger partial charge in [-0.05, 0) is 160 Å². The quantitative estimate of drug-likeness (QED) is 0.0142. The number of morpholine rings is 3. The Kier molecular flexibility index (Phi) is 47.4. The number of hydrogen-bond donors (Lipinski definition) is 4. The second-order valence-electron chi connectivity index (χ2n) is 36.8.